The van der Waals surface area contributed by atoms with Gasteiger partial charge in [0.1, 0.15) is 18.1 Å². The van der Waals surface area contributed by atoms with Crippen molar-refractivity contribution >= 4 is 34.0 Å². The van der Waals surface area contributed by atoms with Crippen LogP contribution in [0.1, 0.15) is 12.8 Å². The van der Waals surface area contributed by atoms with Crippen molar-refractivity contribution in [2.45, 2.75) is 23.8 Å². The van der Waals surface area contributed by atoms with E-state index in [1.165, 1.54) is 16.4 Å². The number of halogens is 2. The van der Waals surface area contributed by atoms with Crippen molar-refractivity contribution in [3.8, 4) is 11.5 Å². The Labute approximate surface area is 152 Å². The van der Waals surface area contributed by atoms with Crippen LogP contribution in [0.3, 0.4) is 0 Å². The van der Waals surface area contributed by atoms with Crippen LogP contribution < -0.4 is 15.2 Å². The zero-order valence-corrected chi connectivity index (χ0v) is 15.4. The maximum Gasteiger partial charge on any atom is 0.244 e. The molecule has 2 heterocycles. The van der Waals surface area contributed by atoms with Crippen molar-refractivity contribution in [3.63, 3.8) is 0 Å². The van der Waals surface area contributed by atoms with E-state index in [9.17, 15) is 8.42 Å². The van der Waals surface area contributed by atoms with E-state index in [0.717, 1.165) is 12.8 Å². The molecule has 9 heteroatoms. The molecule has 4 rings (SSSR count). The van der Waals surface area contributed by atoms with E-state index in [0.29, 0.717) is 43.7 Å². The lowest BCUT2D eigenvalue weighted by Crippen LogP contribution is -2.33. The molecule has 2 N–H and O–H groups in total. The number of rotatable bonds is 2. The molecular formula is C15H20Cl2N2O4S. The molecule has 1 saturated carbocycles. The van der Waals surface area contributed by atoms with Crippen molar-refractivity contribution in [3.05, 3.63) is 17.2 Å². The third kappa shape index (κ3) is 2.86. The molecule has 1 aromatic carbocycles. The molecular weight excluding hydrogens is 375 g/mol. The fourth-order valence-electron chi connectivity index (χ4n) is 3.84. The summed E-state index contributed by atoms with van der Waals surface area (Å²) in [6.07, 6.45) is 1.97. The number of sulfonamides is 1. The van der Waals surface area contributed by atoms with Gasteiger partial charge in [0, 0.05) is 31.3 Å². The van der Waals surface area contributed by atoms with E-state index in [1.807, 2.05) is 0 Å². The molecule has 0 bridgehead atoms. The molecule has 3 atom stereocenters. The number of benzene rings is 1. The molecule has 1 aliphatic carbocycles. The van der Waals surface area contributed by atoms with Crippen molar-refractivity contribution in [1.82, 2.24) is 4.31 Å². The van der Waals surface area contributed by atoms with Crippen LogP contribution in [0.2, 0.25) is 5.02 Å². The van der Waals surface area contributed by atoms with Gasteiger partial charge in [-0.15, -0.1) is 12.4 Å². The van der Waals surface area contributed by atoms with E-state index in [-0.39, 0.29) is 34.3 Å². The minimum absolute atomic E-state index is 0. The summed E-state index contributed by atoms with van der Waals surface area (Å²) >= 11 is 6.21. The van der Waals surface area contributed by atoms with Gasteiger partial charge in [0.25, 0.3) is 0 Å². The molecule has 0 amide bonds. The van der Waals surface area contributed by atoms with E-state index >= 15 is 0 Å². The van der Waals surface area contributed by atoms with Crippen LogP contribution in [0.15, 0.2) is 17.0 Å². The summed E-state index contributed by atoms with van der Waals surface area (Å²) in [5.41, 5.74) is 6.10. The maximum atomic E-state index is 13.0. The van der Waals surface area contributed by atoms with Crippen LogP contribution in [0, 0.1) is 11.8 Å². The first kappa shape index (κ1) is 18.1. The molecule has 24 heavy (non-hydrogen) atoms. The minimum Gasteiger partial charge on any atom is -0.486 e. The highest BCUT2D eigenvalue weighted by atomic mass is 35.5. The molecule has 0 radical (unpaired) electrons. The van der Waals surface area contributed by atoms with E-state index in [4.69, 9.17) is 26.8 Å². The molecule has 3 unspecified atom stereocenters. The zero-order chi connectivity index (χ0) is 16.2. The van der Waals surface area contributed by atoms with Gasteiger partial charge in [0.2, 0.25) is 10.0 Å². The highest BCUT2D eigenvalue weighted by molar-refractivity contribution is 7.89. The second kappa shape index (κ2) is 6.53. The number of hydrogen-bond donors (Lipinski definition) is 1. The van der Waals surface area contributed by atoms with Crippen LogP contribution in [-0.2, 0) is 10.0 Å². The van der Waals surface area contributed by atoms with Gasteiger partial charge in [-0.3, -0.25) is 0 Å². The van der Waals surface area contributed by atoms with Crippen LogP contribution in [0.5, 0.6) is 11.5 Å². The summed E-state index contributed by atoms with van der Waals surface area (Å²) in [6, 6.07) is 3.09. The van der Waals surface area contributed by atoms with Crippen LogP contribution >= 0.6 is 24.0 Å². The van der Waals surface area contributed by atoms with Gasteiger partial charge in [-0.1, -0.05) is 11.6 Å². The Bertz CT molecular complexity index is 743. The minimum atomic E-state index is -3.66. The van der Waals surface area contributed by atoms with Gasteiger partial charge >= 0.3 is 0 Å². The first-order valence-electron chi connectivity index (χ1n) is 7.81. The topological polar surface area (TPSA) is 81.9 Å². The van der Waals surface area contributed by atoms with Gasteiger partial charge in [-0.2, -0.15) is 4.31 Å². The van der Waals surface area contributed by atoms with Crippen LogP contribution in [0.25, 0.3) is 0 Å². The number of nitrogens with zero attached hydrogens (tertiary/aromatic N) is 1. The highest BCUT2D eigenvalue weighted by Gasteiger charge is 2.45. The predicted octanol–water partition coefficient (Wildman–Crippen LogP) is 1.89. The van der Waals surface area contributed by atoms with E-state index in [2.05, 4.69) is 0 Å². The first-order chi connectivity index (χ1) is 11.0. The van der Waals surface area contributed by atoms with Gasteiger partial charge in [-0.05, 0) is 24.7 Å². The summed E-state index contributed by atoms with van der Waals surface area (Å²) < 4.78 is 38.4. The molecule has 134 valence electrons. The predicted molar refractivity (Wildman–Crippen MR) is 92.6 cm³/mol. The Morgan fingerprint density at radius 2 is 1.79 bits per heavy atom. The van der Waals surface area contributed by atoms with Gasteiger partial charge in [0.15, 0.2) is 11.5 Å². The molecule has 2 fully saturated rings. The van der Waals surface area contributed by atoms with Gasteiger partial charge in [0.05, 0.1) is 5.02 Å². The lowest BCUT2D eigenvalue weighted by atomic mass is 9.98. The molecule has 1 aromatic rings. The Hall–Kier alpha value is -0.730. The molecule has 0 aromatic heterocycles. The third-order valence-corrected chi connectivity index (χ3v) is 7.39. The normalized spacial score (nSPS) is 29.2. The number of ether oxygens (including phenoxy) is 2. The Morgan fingerprint density at radius 1 is 1.12 bits per heavy atom. The molecule has 6 nitrogen and oxygen atoms in total. The lowest BCUT2D eigenvalue weighted by Gasteiger charge is -2.22. The van der Waals surface area contributed by atoms with Gasteiger partial charge in [-0.25, -0.2) is 8.42 Å². The van der Waals surface area contributed by atoms with Crippen LogP contribution in [-0.4, -0.2) is 45.1 Å². The monoisotopic (exact) mass is 394 g/mol. The molecule has 1 saturated heterocycles. The molecule has 0 spiro atoms. The van der Waals surface area contributed by atoms with Crippen molar-refractivity contribution in [2.24, 2.45) is 17.6 Å². The largest absolute Gasteiger partial charge is 0.486 e. The van der Waals surface area contributed by atoms with Crippen LogP contribution in [0.4, 0.5) is 0 Å². The fourth-order valence-corrected chi connectivity index (χ4v) is 5.89. The van der Waals surface area contributed by atoms with Gasteiger partial charge < -0.3 is 15.2 Å². The van der Waals surface area contributed by atoms with Crippen molar-refractivity contribution in [1.29, 1.82) is 0 Å². The average molecular weight is 395 g/mol. The number of nitrogens with two attached hydrogens (primary N) is 1. The Balaban J connectivity index is 0.00000169. The summed E-state index contributed by atoms with van der Waals surface area (Å²) in [6.45, 7) is 1.82. The Kier molecular flexibility index (Phi) is 4.92. The highest BCUT2D eigenvalue weighted by Crippen LogP contribution is 2.42. The third-order valence-electron chi connectivity index (χ3n) is 5.09. The lowest BCUT2D eigenvalue weighted by molar-refractivity contribution is 0.171. The van der Waals surface area contributed by atoms with E-state index in [1.54, 1.807) is 0 Å². The number of hydrogen-bond acceptors (Lipinski definition) is 5. The SMILES string of the molecule is Cl.NC1CCC2CN(S(=O)(=O)c3cc4c(cc3Cl)OCCO4)CC12. The Morgan fingerprint density at radius 3 is 2.46 bits per heavy atom. The van der Waals surface area contributed by atoms with Crippen molar-refractivity contribution < 1.29 is 17.9 Å². The molecule has 2 aliphatic heterocycles. The maximum absolute atomic E-state index is 13.0. The number of fused-ring (bicyclic) bond motifs is 2. The first-order valence-corrected chi connectivity index (χ1v) is 9.63. The second-order valence-corrected chi connectivity index (χ2v) is 8.73. The zero-order valence-electron chi connectivity index (χ0n) is 13.0. The quantitative estimate of drug-likeness (QED) is 0.827. The second-order valence-electron chi connectivity index (χ2n) is 6.41. The van der Waals surface area contributed by atoms with E-state index < -0.39 is 10.0 Å². The fraction of sp³-hybridized carbons (Fsp3) is 0.600. The summed E-state index contributed by atoms with van der Waals surface area (Å²) in [5.74, 6) is 1.52. The smallest absolute Gasteiger partial charge is 0.244 e. The average Bonchev–Trinajstić information content (AvgIpc) is 3.09. The molecule has 3 aliphatic rings. The van der Waals surface area contributed by atoms with Crippen molar-refractivity contribution in [2.75, 3.05) is 26.3 Å². The summed E-state index contributed by atoms with van der Waals surface area (Å²) in [7, 11) is -3.66. The summed E-state index contributed by atoms with van der Waals surface area (Å²) in [5, 5.41) is 0.163. The standard InChI is InChI=1S/C15H19ClN2O4S.ClH/c16-11-5-13-14(22-4-3-21-13)6-15(11)23(19,20)18-7-9-1-2-12(17)10(9)8-18;/h5-6,9-10,12H,1-4,7-8,17H2;1H. The summed E-state index contributed by atoms with van der Waals surface area (Å²) in [4.78, 5) is 0.0805.